The molecule has 5 rings (SSSR count). The second kappa shape index (κ2) is 8.60. The van der Waals surface area contributed by atoms with Crippen molar-refractivity contribution >= 4 is 22.4 Å². The average Bonchev–Trinajstić information content (AvgIpc) is 2.80. The lowest BCUT2D eigenvalue weighted by atomic mass is 9.80. The molecule has 0 saturated carbocycles. The zero-order valence-electron chi connectivity index (χ0n) is 20.1. The molecule has 5 nitrogen and oxygen atoms in total. The molecule has 3 aromatic carbocycles. The van der Waals surface area contributed by atoms with E-state index in [1.807, 2.05) is 42.5 Å². The van der Waals surface area contributed by atoms with Gasteiger partial charge in [0.1, 0.15) is 17.2 Å². The van der Waals surface area contributed by atoms with Crippen LogP contribution in [0.15, 0.2) is 60.7 Å². The minimum atomic E-state index is -1.04. The van der Waals surface area contributed by atoms with Crippen molar-refractivity contribution in [3.05, 3.63) is 77.4 Å². The van der Waals surface area contributed by atoms with Gasteiger partial charge in [0.15, 0.2) is 6.10 Å². The molecule has 2 atom stereocenters. The third kappa shape index (κ3) is 4.01. The molecule has 3 aromatic rings. The highest BCUT2D eigenvalue weighted by atomic mass is 32.2. The van der Waals surface area contributed by atoms with Crippen molar-refractivity contribution in [2.45, 2.75) is 32.4 Å². The fraction of sp³-hybridized carbons (Fsp3) is 0.286. The molecule has 2 heterocycles. The van der Waals surface area contributed by atoms with Gasteiger partial charge in [0.05, 0.1) is 24.5 Å². The number of rotatable bonds is 5. The Morgan fingerprint density at radius 3 is 2.65 bits per heavy atom. The summed E-state index contributed by atoms with van der Waals surface area (Å²) < 4.78 is 29.7. The van der Waals surface area contributed by atoms with Crippen LogP contribution in [0.3, 0.4) is 0 Å². The number of hydrogen-bond donors (Lipinski definition) is 1. The number of nitrogens with one attached hydrogen (secondary N) is 1. The first-order valence-electron chi connectivity index (χ1n) is 11.3. The van der Waals surface area contributed by atoms with E-state index in [9.17, 15) is 4.55 Å². The minimum Gasteiger partial charge on any atom is -0.614 e. The van der Waals surface area contributed by atoms with Crippen LogP contribution in [-0.4, -0.2) is 29.4 Å². The van der Waals surface area contributed by atoms with Crippen LogP contribution in [0, 0.1) is 0 Å². The highest BCUT2D eigenvalue weighted by Gasteiger charge is 2.35. The van der Waals surface area contributed by atoms with Crippen LogP contribution in [0.5, 0.6) is 17.2 Å². The summed E-state index contributed by atoms with van der Waals surface area (Å²) in [4.78, 5) is 0. The zero-order chi connectivity index (χ0) is 24.0. The van der Waals surface area contributed by atoms with E-state index in [2.05, 4.69) is 44.3 Å². The number of anilines is 1. The van der Waals surface area contributed by atoms with Gasteiger partial charge in [-0.05, 0) is 73.4 Å². The van der Waals surface area contributed by atoms with Crippen LogP contribution in [0.25, 0.3) is 16.7 Å². The molecule has 2 aliphatic rings. The Balaban J connectivity index is 1.72. The summed E-state index contributed by atoms with van der Waals surface area (Å²) in [5.74, 6) is 2.39. The van der Waals surface area contributed by atoms with E-state index in [-0.39, 0.29) is 17.6 Å². The maximum absolute atomic E-state index is 11.6. The summed E-state index contributed by atoms with van der Waals surface area (Å²) >= 11 is -1.04. The lowest BCUT2D eigenvalue weighted by Gasteiger charge is -2.37. The van der Waals surface area contributed by atoms with E-state index < -0.39 is 11.2 Å². The number of methoxy groups -OCH3 is 1. The molecule has 2 aliphatic heterocycles. The monoisotopic (exact) mass is 475 g/mol. The van der Waals surface area contributed by atoms with E-state index in [1.54, 1.807) is 13.4 Å². The molecule has 1 N–H and O–H groups in total. The van der Waals surface area contributed by atoms with Gasteiger partial charge < -0.3 is 24.1 Å². The number of allylic oxidation sites excluding steroid dienone is 1. The number of fused-ring (bicyclic) bond motifs is 5. The van der Waals surface area contributed by atoms with Gasteiger partial charge in [-0.3, -0.25) is 0 Å². The van der Waals surface area contributed by atoms with Crippen molar-refractivity contribution in [1.82, 2.24) is 0 Å². The fourth-order valence-electron chi connectivity index (χ4n) is 5.02. The first kappa shape index (κ1) is 22.7. The normalized spacial score (nSPS) is 18.3. The molecule has 0 fully saturated rings. The largest absolute Gasteiger partial charge is 0.614 e. The Kier molecular flexibility index (Phi) is 5.74. The second-order valence-electron chi connectivity index (χ2n) is 9.36. The van der Waals surface area contributed by atoms with Gasteiger partial charge in [0, 0.05) is 22.4 Å². The fourth-order valence-corrected chi connectivity index (χ4v) is 5.32. The minimum absolute atomic E-state index is 0.143. The van der Waals surface area contributed by atoms with Crippen LogP contribution in [0.2, 0.25) is 0 Å². The smallest absolute Gasteiger partial charge is 0.244 e. The third-order valence-electron chi connectivity index (χ3n) is 6.21. The lowest BCUT2D eigenvalue weighted by molar-refractivity contribution is 0.241. The van der Waals surface area contributed by atoms with E-state index in [0.717, 1.165) is 45.0 Å². The SMILES string of the molecule is COc1cccc2c1-c1ccc3c(c1C(c1cccc(OC[S+](C)[O-])c1)O2)C(C)=CC(C)(C)N3. The Morgan fingerprint density at radius 1 is 1.09 bits per heavy atom. The van der Waals surface area contributed by atoms with Crippen LogP contribution in [0.4, 0.5) is 5.69 Å². The van der Waals surface area contributed by atoms with Crippen molar-refractivity contribution < 1.29 is 18.8 Å². The van der Waals surface area contributed by atoms with Crippen molar-refractivity contribution in [2.24, 2.45) is 0 Å². The standard InChI is InChI=1S/C28H29NO4S/c1-17-15-28(2,3)29-21-13-12-20-25-22(31-4)10-7-11-23(25)33-27(26(20)24(17)21)18-8-6-9-19(14-18)32-16-34(5)30/h6-15,27,29H,16H2,1-5H3. The van der Waals surface area contributed by atoms with E-state index in [4.69, 9.17) is 14.2 Å². The highest BCUT2D eigenvalue weighted by Crippen LogP contribution is 2.53. The predicted molar refractivity (Wildman–Crippen MR) is 138 cm³/mol. The Morgan fingerprint density at radius 2 is 1.88 bits per heavy atom. The highest BCUT2D eigenvalue weighted by molar-refractivity contribution is 7.90. The first-order chi connectivity index (χ1) is 16.3. The Hall–Kier alpha value is -3.09. The van der Waals surface area contributed by atoms with E-state index in [1.165, 1.54) is 5.57 Å². The van der Waals surface area contributed by atoms with Crippen molar-refractivity contribution in [3.63, 3.8) is 0 Å². The summed E-state index contributed by atoms with van der Waals surface area (Å²) in [6.07, 6.45) is 3.55. The quantitative estimate of drug-likeness (QED) is 0.447. The second-order valence-corrected chi connectivity index (χ2v) is 10.7. The van der Waals surface area contributed by atoms with E-state index >= 15 is 0 Å². The van der Waals surface area contributed by atoms with Gasteiger partial charge in [-0.2, -0.15) is 0 Å². The molecule has 0 aromatic heterocycles. The van der Waals surface area contributed by atoms with Gasteiger partial charge in [-0.25, -0.2) is 0 Å². The summed E-state index contributed by atoms with van der Waals surface area (Å²) in [6, 6.07) is 18.1. The van der Waals surface area contributed by atoms with Crippen LogP contribution in [0.1, 0.15) is 43.6 Å². The third-order valence-corrected chi connectivity index (χ3v) is 6.66. The van der Waals surface area contributed by atoms with Crippen molar-refractivity contribution in [2.75, 3.05) is 24.6 Å². The molecule has 176 valence electrons. The Labute approximate surface area is 203 Å². The topological polar surface area (TPSA) is 62.8 Å². The first-order valence-corrected chi connectivity index (χ1v) is 13.0. The van der Waals surface area contributed by atoms with E-state index in [0.29, 0.717) is 5.75 Å². The van der Waals surface area contributed by atoms with Gasteiger partial charge in [0.25, 0.3) is 0 Å². The van der Waals surface area contributed by atoms with Crippen molar-refractivity contribution in [3.8, 4) is 28.4 Å². The molecule has 0 aliphatic carbocycles. The molecule has 0 amide bonds. The maximum atomic E-state index is 11.6. The number of hydrogen-bond acceptors (Lipinski definition) is 5. The maximum Gasteiger partial charge on any atom is 0.244 e. The average molecular weight is 476 g/mol. The van der Waals surface area contributed by atoms with Gasteiger partial charge in [0.2, 0.25) is 5.94 Å². The van der Waals surface area contributed by atoms with Gasteiger partial charge in [-0.15, -0.1) is 0 Å². The molecule has 0 bridgehead atoms. The molecule has 6 heteroatoms. The van der Waals surface area contributed by atoms with Gasteiger partial charge in [-0.1, -0.05) is 30.3 Å². The summed E-state index contributed by atoms with van der Waals surface area (Å²) in [5.41, 5.74) is 7.43. The number of ether oxygens (including phenoxy) is 3. The summed E-state index contributed by atoms with van der Waals surface area (Å²) in [5, 5.41) is 3.66. The molecule has 34 heavy (non-hydrogen) atoms. The summed E-state index contributed by atoms with van der Waals surface area (Å²) in [6.45, 7) is 6.50. The molecular formula is C28H29NO4S. The molecule has 2 unspecified atom stereocenters. The lowest BCUT2D eigenvalue weighted by Crippen LogP contribution is -2.32. The molecule has 0 spiro atoms. The van der Waals surface area contributed by atoms with Crippen LogP contribution in [-0.2, 0) is 11.2 Å². The molecule has 0 radical (unpaired) electrons. The summed E-state index contributed by atoms with van der Waals surface area (Å²) in [7, 11) is 1.69. The predicted octanol–water partition coefficient (Wildman–Crippen LogP) is 6.17. The molecular weight excluding hydrogens is 446 g/mol. The Bertz CT molecular complexity index is 1280. The van der Waals surface area contributed by atoms with Crippen molar-refractivity contribution in [1.29, 1.82) is 0 Å². The number of benzene rings is 3. The van der Waals surface area contributed by atoms with Gasteiger partial charge >= 0.3 is 0 Å². The zero-order valence-corrected chi connectivity index (χ0v) is 20.9. The van der Waals surface area contributed by atoms with Crippen LogP contribution < -0.4 is 19.5 Å². The molecule has 0 saturated heterocycles. The van der Waals surface area contributed by atoms with Crippen LogP contribution >= 0.6 is 0 Å².